The van der Waals surface area contributed by atoms with Gasteiger partial charge in [-0.2, -0.15) is 0 Å². The van der Waals surface area contributed by atoms with Gasteiger partial charge < -0.3 is 4.98 Å². The summed E-state index contributed by atoms with van der Waals surface area (Å²) < 4.78 is 2.11. The molecule has 1 N–H and O–H groups in total. The van der Waals surface area contributed by atoms with E-state index in [-0.39, 0.29) is 5.56 Å². The molecule has 1 aromatic rings. The van der Waals surface area contributed by atoms with Gasteiger partial charge in [-0.3, -0.25) is 9.36 Å². The molecular formula is C12H16N2OS. The zero-order valence-corrected chi connectivity index (χ0v) is 10.1. The Morgan fingerprint density at radius 1 is 1.38 bits per heavy atom. The Labute approximate surface area is 99.8 Å². The van der Waals surface area contributed by atoms with Crippen LogP contribution in [0.4, 0.5) is 0 Å². The summed E-state index contributed by atoms with van der Waals surface area (Å²) in [4.78, 5) is 15.4. The van der Waals surface area contributed by atoms with Gasteiger partial charge in [0, 0.05) is 17.8 Å². The Hall–Kier alpha value is -1.16. The number of rotatable bonds is 2. The number of H-pyrrole nitrogens is 1. The van der Waals surface area contributed by atoms with E-state index >= 15 is 0 Å². The Balaban J connectivity index is 2.60. The van der Waals surface area contributed by atoms with E-state index < -0.39 is 0 Å². The van der Waals surface area contributed by atoms with Crippen molar-refractivity contribution in [2.24, 2.45) is 0 Å². The van der Waals surface area contributed by atoms with E-state index in [4.69, 9.17) is 12.2 Å². The maximum absolute atomic E-state index is 12.2. The summed E-state index contributed by atoms with van der Waals surface area (Å²) in [5, 5.41) is 0. The minimum absolute atomic E-state index is 0.0700. The van der Waals surface area contributed by atoms with Crippen molar-refractivity contribution in [2.45, 2.75) is 38.6 Å². The molecular weight excluding hydrogens is 220 g/mol. The smallest absolute Gasteiger partial charge is 0.258 e. The van der Waals surface area contributed by atoms with Crippen molar-refractivity contribution in [1.82, 2.24) is 9.55 Å². The highest BCUT2D eigenvalue weighted by Gasteiger charge is 2.14. The molecule has 0 amide bonds. The van der Waals surface area contributed by atoms with Crippen LogP contribution in [0.15, 0.2) is 17.4 Å². The van der Waals surface area contributed by atoms with Crippen molar-refractivity contribution in [2.75, 3.05) is 0 Å². The van der Waals surface area contributed by atoms with Gasteiger partial charge in [-0.05, 0) is 37.9 Å². The van der Waals surface area contributed by atoms with E-state index in [1.54, 1.807) is 10.6 Å². The standard InChI is InChI=1S/C12H16N2OS/c1-2-8-14-11(15)9-6-4-3-5-7-10(9)13-12(14)16/h2H,1,3-8H2,(H,13,16). The lowest BCUT2D eigenvalue weighted by Crippen LogP contribution is -2.27. The van der Waals surface area contributed by atoms with E-state index in [2.05, 4.69) is 11.6 Å². The van der Waals surface area contributed by atoms with Crippen molar-refractivity contribution >= 4 is 12.2 Å². The number of fused-ring (bicyclic) bond motifs is 1. The lowest BCUT2D eigenvalue weighted by Gasteiger charge is -2.09. The molecule has 0 aliphatic heterocycles. The van der Waals surface area contributed by atoms with E-state index in [0.717, 1.165) is 36.9 Å². The minimum Gasteiger partial charge on any atom is -0.335 e. The van der Waals surface area contributed by atoms with Crippen molar-refractivity contribution < 1.29 is 0 Å². The van der Waals surface area contributed by atoms with Gasteiger partial charge in [0.05, 0.1) is 0 Å². The van der Waals surface area contributed by atoms with Crippen LogP contribution in [0, 0.1) is 4.77 Å². The predicted octanol–water partition coefficient (Wildman–Crippen LogP) is 2.36. The average molecular weight is 236 g/mol. The summed E-state index contributed by atoms with van der Waals surface area (Å²) in [6.07, 6.45) is 6.95. The molecule has 1 heterocycles. The Morgan fingerprint density at radius 3 is 2.88 bits per heavy atom. The monoisotopic (exact) mass is 236 g/mol. The van der Waals surface area contributed by atoms with Gasteiger partial charge in [-0.1, -0.05) is 12.5 Å². The van der Waals surface area contributed by atoms with Gasteiger partial charge in [0.25, 0.3) is 5.56 Å². The SMILES string of the molecule is C=CCn1c(=S)[nH]c2c(c1=O)CCCCC2. The van der Waals surface area contributed by atoms with Gasteiger partial charge >= 0.3 is 0 Å². The van der Waals surface area contributed by atoms with Gasteiger partial charge in [0.2, 0.25) is 0 Å². The summed E-state index contributed by atoms with van der Waals surface area (Å²) in [6.45, 7) is 4.14. The van der Waals surface area contributed by atoms with Crippen LogP contribution < -0.4 is 5.56 Å². The van der Waals surface area contributed by atoms with Crippen LogP contribution in [-0.4, -0.2) is 9.55 Å². The molecule has 1 aliphatic rings. The molecule has 0 saturated heterocycles. The zero-order valence-electron chi connectivity index (χ0n) is 9.29. The third-order valence-electron chi connectivity index (χ3n) is 3.04. The maximum Gasteiger partial charge on any atom is 0.258 e. The molecule has 0 unspecified atom stereocenters. The van der Waals surface area contributed by atoms with Crippen molar-refractivity contribution in [3.8, 4) is 0 Å². The van der Waals surface area contributed by atoms with E-state index in [9.17, 15) is 4.79 Å². The number of hydrogen-bond donors (Lipinski definition) is 1. The molecule has 0 fully saturated rings. The highest BCUT2D eigenvalue weighted by molar-refractivity contribution is 7.71. The maximum atomic E-state index is 12.2. The van der Waals surface area contributed by atoms with Gasteiger partial charge in [-0.15, -0.1) is 6.58 Å². The molecule has 0 atom stereocenters. The first-order chi connectivity index (χ1) is 7.74. The van der Waals surface area contributed by atoms with Crippen molar-refractivity contribution in [3.63, 3.8) is 0 Å². The molecule has 86 valence electrons. The molecule has 1 aromatic heterocycles. The molecule has 0 spiro atoms. The van der Waals surface area contributed by atoms with Crippen LogP contribution >= 0.6 is 12.2 Å². The molecule has 0 radical (unpaired) electrons. The zero-order chi connectivity index (χ0) is 11.5. The molecule has 1 aliphatic carbocycles. The Bertz CT molecular complexity index is 513. The minimum atomic E-state index is 0.0700. The number of allylic oxidation sites excluding steroid dienone is 1. The van der Waals surface area contributed by atoms with Gasteiger partial charge in [-0.25, -0.2) is 0 Å². The van der Waals surface area contributed by atoms with Crippen LogP contribution in [0.3, 0.4) is 0 Å². The predicted molar refractivity (Wildman–Crippen MR) is 67.3 cm³/mol. The normalized spacial score (nSPS) is 15.2. The second kappa shape index (κ2) is 4.78. The van der Waals surface area contributed by atoms with Gasteiger partial charge in [0.15, 0.2) is 4.77 Å². The van der Waals surface area contributed by atoms with Gasteiger partial charge in [0.1, 0.15) is 0 Å². The highest BCUT2D eigenvalue weighted by atomic mass is 32.1. The fourth-order valence-electron chi connectivity index (χ4n) is 2.20. The number of nitrogens with zero attached hydrogens (tertiary/aromatic N) is 1. The lowest BCUT2D eigenvalue weighted by molar-refractivity contribution is 0.704. The van der Waals surface area contributed by atoms with Crippen LogP contribution in [-0.2, 0) is 19.4 Å². The molecule has 0 aromatic carbocycles. The van der Waals surface area contributed by atoms with Crippen LogP contribution in [0.1, 0.15) is 30.5 Å². The Morgan fingerprint density at radius 2 is 2.12 bits per heavy atom. The fraction of sp³-hybridized carbons (Fsp3) is 0.500. The van der Waals surface area contributed by atoms with Crippen LogP contribution in [0.5, 0.6) is 0 Å². The van der Waals surface area contributed by atoms with Crippen molar-refractivity contribution in [1.29, 1.82) is 0 Å². The Kier molecular flexibility index (Phi) is 3.39. The summed E-state index contributed by atoms with van der Waals surface area (Å²) in [5.41, 5.74) is 2.04. The first-order valence-electron chi connectivity index (χ1n) is 5.70. The largest absolute Gasteiger partial charge is 0.335 e. The lowest BCUT2D eigenvalue weighted by atomic mass is 10.1. The molecule has 2 rings (SSSR count). The molecule has 0 saturated carbocycles. The third-order valence-corrected chi connectivity index (χ3v) is 3.36. The second-order valence-corrected chi connectivity index (χ2v) is 4.54. The number of aryl methyl sites for hydroxylation is 1. The third kappa shape index (κ3) is 2.02. The van der Waals surface area contributed by atoms with Crippen molar-refractivity contribution in [3.05, 3.63) is 39.0 Å². The molecule has 0 bridgehead atoms. The van der Waals surface area contributed by atoms with E-state index in [1.165, 1.54) is 6.42 Å². The number of aromatic nitrogens is 2. The number of hydrogen-bond acceptors (Lipinski definition) is 2. The quantitative estimate of drug-likeness (QED) is 0.486. The topological polar surface area (TPSA) is 37.8 Å². The summed E-state index contributed by atoms with van der Waals surface area (Å²) in [7, 11) is 0. The van der Waals surface area contributed by atoms with E-state index in [1.807, 2.05) is 0 Å². The number of aromatic amines is 1. The summed E-state index contributed by atoms with van der Waals surface area (Å²) >= 11 is 5.19. The summed E-state index contributed by atoms with van der Waals surface area (Å²) in [6, 6.07) is 0. The van der Waals surface area contributed by atoms with Crippen LogP contribution in [0.2, 0.25) is 0 Å². The number of nitrogens with one attached hydrogen (secondary N) is 1. The summed E-state index contributed by atoms with van der Waals surface area (Å²) in [5.74, 6) is 0. The van der Waals surface area contributed by atoms with Crippen LogP contribution in [0.25, 0.3) is 0 Å². The molecule has 3 nitrogen and oxygen atoms in total. The fourth-order valence-corrected chi connectivity index (χ4v) is 2.48. The molecule has 16 heavy (non-hydrogen) atoms. The second-order valence-electron chi connectivity index (χ2n) is 4.15. The average Bonchev–Trinajstić information content (AvgIpc) is 2.49. The van der Waals surface area contributed by atoms with E-state index in [0.29, 0.717) is 11.3 Å². The highest BCUT2D eigenvalue weighted by Crippen LogP contribution is 2.15. The first kappa shape index (κ1) is 11.3. The molecule has 4 heteroatoms. The first-order valence-corrected chi connectivity index (χ1v) is 6.10.